The first-order valence-electron chi connectivity index (χ1n) is 8.23. The zero-order valence-corrected chi connectivity index (χ0v) is 14.0. The lowest BCUT2D eigenvalue weighted by Gasteiger charge is -2.38. The number of carbonyl (C=O) groups is 2. The molecular formula is C18H21FN4O2. The lowest BCUT2D eigenvalue weighted by Crippen LogP contribution is -2.49. The number of halogens is 1. The fraction of sp³-hybridized carbons (Fsp3) is 0.333. The van der Waals surface area contributed by atoms with E-state index in [9.17, 15) is 14.0 Å². The van der Waals surface area contributed by atoms with Gasteiger partial charge in [-0.25, -0.2) is 4.39 Å². The van der Waals surface area contributed by atoms with Crippen LogP contribution in [0.2, 0.25) is 0 Å². The van der Waals surface area contributed by atoms with Crippen LogP contribution >= 0.6 is 0 Å². The second kappa shape index (κ2) is 7.06. The van der Waals surface area contributed by atoms with Crippen LogP contribution < -0.4 is 5.73 Å². The molecule has 1 fully saturated rings. The average Bonchev–Trinajstić information content (AvgIpc) is 3.11. The van der Waals surface area contributed by atoms with Gasteiger partial charge >= 0.3 is 0 Å². The number of hydrogen-bond donors (Lipinski definition) is 2. The zero-order valence-electron chi connectivity index (χ0n) is 14.0. The molecule has 0 aliphatic carbocycles. The Kier molecular flexibility index (Phi) is 4.85. The van der Waals surface area contributed by atoms with E-state index in [0.29, 0.717) is 37.4 Å². The number of amides is 2. The van der Waals surface area contributed by atoms with Gasteiger partial charge in [0.05, 0.1) is 5.56 Å². The summed E-state index contributed by atoms with van der Waals surface area (Å²) in [5, 5.41) is 0. The van der Waals surface area contributed by atoms with Gasteiger partial charge in [-0.1, -0.05) is 18.2 Å². The summed E-state index contributed by atoms with van der Waals surface area (Å²) in [5.41, 5.74) is 6.51. The number of benzene rings is 1. The highest BCUT2D eigenvalue weighted by molar-refractivity contribution is 5.98. The van der Waals surface area contributed by atoms with Gasteiger partial charge in [-0.3, -0.25) is 14.5 Å². The third kappa shape index (κ3) is 3.56. The minimum Gasteiger partial charge on any atom is -0.366 e. The van der Waals surface area contributed by atoms with E-state index < -0.39 is 5.91 Å². The van der Waals surface area contributed by atoms with E-state index in [4.69, 9.17) is 5.73 Å². The highest BCUT2D eigenvalue weighted by Gasteiger charge is 2.27. The number of hydrogen-bond acceptors (Lipinski definition) is 3. The highest BCUT2D eigenvalue weighted by Crippen LogP contribution is 2.24. The maximum atomic E-state index is 14.0. The van der Waals surface area contributed by atoms with Crippen LogP contribution in [0.3, 0.4) is 0 Å². The molecule has 2 amide bonds. The number of aromatic nitrogens is 1. The van der Waals surface area contributed by atoms with Crippen molar-refractivity contribution >= 4 is 11.8 Å². The molecular weight excluding hydrogens is 323 g/mol. The Morgan fingerprint density at radius 2 is 1.88 bits per heavy atom. The smallest absolute Gasteiger partial charge is 0.270 e. The molecule has 0 bridgehead atoms. The number of piperazine rings is 1. The minimum absolute atomic E-state index is 0.0506. The van der Waals surface area contributed by atoms with Crippen molar-refractivity contribution in [3.05, 3.63) is 59.2 Å². The van der Waals surface area contributed by atoms with E-state index in [-0.39, 0.29) is 23.3 Å². The van der Waals surface area contributed by atoms with Crippen molar-refractivity contribution in [3.63, 3.8) is 0 Å². The second-order valence-corrected chi connectivity index (χ2v) is 6.19. The molecule has 1 aromatic carbocycles. The Hall–Kier alpha value is -2.67. The van der Waals surface area contributed by atoms with Crippen LogP contribution in [-0.4, -0.2) is 52.8 Å². The lowest BCUT2D eigenvalue weighted by molar-refractivity contribution is 0.0574. The first kappa shape index (κ1) is 17.2. The van der Waals surface area contributed by atoms with Gasteiger partial charge in [0.15, 0.2) is 0 Å². The zero-order chi connectivity index (χ0) is 18.0. The van der Waals surface area contributed by atoms with E-state index in [1.807, 2.05) is 13.0 Å². The molecule has 0 radical (unpaired) electrons. The molecule has 1 aromatic heterocycles. The second-order valence-electron chi connectivity index (χ2n) is 6.19. The molecule has 7 heteroatoms. The summed E-state index contributed by atoms with van der Waals surface area (Å²) in [7, 11) is 0. The number of nitrogens with one attached hydrogen (secondary N) is 1. The highest BCUT2D eigenvalue weighted by atomic mass is 19.1. The van der Waals surface area contributed by atoms with Gasteiger partial charge in [0, 0.05) is 44.0 Å². The normalized spacial score (nSPS) is 16.6. The molecule has 132 valence electrons. The summed E-state index contributed by atoms with van der Waals surface area (Å²) in [6, 6.07) is 8.19. The predicted octanol–water partition coefficient (Wildman–Crippen LogP) is 1.77. The average molecular weight is 344 g/mol. The molecule has 3 N–H and O–H groups in total. The molecule has 2 heterocycles. The van der Waals surface area contributed by atoms with E-state index >= 15 is 0 Å². The Morgan fingerprint density at radius 1 is 1.20 bits per heavy atom. The van der Waals surface area contributed by atoms with Crippen molar-refractivity contribution in [1.82, 2.24) is 14.8 Å². The molecule has 1 aliphatic heterocycles. The van der Waals surface area contributed by atoms with Crippen molar-refractivity contribution in [2.45, 2.75) is 13.0 Å². The topological polar surface area (TPSA) is 82.4 Å². The molecule has 0 spiro atoms. The number of nitrogens with zero attached hydrogens (tertiary/aromatic N) is 2. The van der Waals surface area contributed by atoms with Gasteiger partial charge in [-0.2, -0.15) is 0 Å². The third-order valence-corrected chi connectivity index (χ3v) is 4.70. The standard InChI is InChI=1S/C18H21FN4O2/c1-12(14-4-2-3-5-15(14)19)22-6-8-23(9-7-22)18(25)16-10-13(11-21-16)17(20)24/h2-5,10-12,21H,6-9H2,1H3,(H2,20,24)/t12-/m1/s1. The quantitative estimate of drug-likeness (QED) is 0.887. The van der Waals surface area contributed by atoms with Crippen LogP contribution in [0.15, 0.2) is 36.5 Å². The van der Waals surface area contributed by atoms with Crippen molar-refractivity contribution in [3.8, 4) is 0 Å². The largest absolute Gasteiger partial charge is 0.366 e. The summed E-state index contributed by atoms with van der Waals surface area (Å²) >= 11 is 0. The molecule has 1 saturated heterocycles. The first-order chi connectivity index (χ1) is 12.0. The van der Waals surface area contributed by atoms with Crippen LogP contribution in [-0.2, 0) is 0 Å². The van der Waals surface area contributed by atoms with Crippen molar-refractivity contribution in [1.29, 1.82) is 0 Å². The summed E-state index contributed by atoms with van der Waals surface area (Å²) in [6.45, 7) is 4.38. The number of H-pyrrole nitrogens is 1. The van der Waals surface area contributed by atoms with Crippen molar-refractivity contribution < 1.29 is 14.0 Å². The van der Waals surface area contributed by atoms with Gasteiger partial charge in [-0.15, -0.1) is 0 Å². The fourth-order valence-electron chi connectivity index (χ4n) is 3.15. The van der Waals surface area contributed by atoms with E-state index in [0.717, 1.165) is 0 Å². The molecule has 0 unspecified atom stereocenters. The first-order valence-corrected chi connectivity index (χ1v) is 8.23. The Morgan fingerprint density at radius 3 is 2.48 bits per heavy atom. The number of aromatic amines is 1. The Bertz CT molecular complexity index is 781. The summed E-state index contributed by atoms with van der Waals surface area (Å²) in [6.07, 6.45) is 1.44. The predicted molar refractivity (Wildman–Crippen MR) is 91.6 cm³/mol. The molecule has 1 aliphatic rings. The molecule has 0 saturated carbocycles. The van der Waals surface area contributed by atoms with Gasteiger partial charge in [0.1, 0.15) is 11.5 Å². The van der Waals surface area contributed by atoms with E-state index in [1.165, 1.54) is 18.3 Å². The number of rotatable bonds is 4. The van der Waals surface area contributed by atoms with Gasteiger partial charge < -0.3 is 15.6 Å². The Labute approximate surface area is 145 Å². The SMILES string of the molecule is C[C@H](c1ccccc1F)N1CCN(C(=O)c2cc(C(N)=O)c[nH]2)CC1. The Balaban J connectivity index is 1.62. The monoisotopic (exact) mass is 344 g/mol. The number of nitrogens with two attached hydrogens (primary N) is 1. The molecule has 25 heavy (non-hydrogen) atoms. The van der Waals surface area contributed by atoms with Crippen molar-refractivity contribution in [2.75, 3.05) is 26.2 Å². The summed E-state index contributed by atoms with van der Waals surface area (Å²) in [4.78, 5) is 30.3. The fourth-order valence-corrected chi connectivity index (χ4v) is 3.15. The van der Waals surface area contributed by atoms with E-state index in [2.05, 4.69) is 9.88 Å². The number of primary amides is 1. The van der Waals surface area contributed by atoms with Gasteiger partial charge in [-0.05, 0) is 19.1 Å². The van der Waals surface area contributed by atoms with Crippen LogP contribution in [0.1, 0.15) is 39.4 Å². The van der Waals surface area contributed by atoms with Gasteiger partial charge in [0.25, 0.3) is 5.91 Å². The number of carbonyl (C=O) groups excluding carboxylic acids is 2. The summed E-state index contributed by atoms with van der Waals surface area (Å²) in [5.74, 6) is -0.941. The van der Waals surface area contributed by atoms with Crippen LogP contribution in [0.4, 0.5) is 4.39 Å². The molecule has 6 nitrogen and oxygen atoms in total. The molecule has 3 rings (SSSR count). The van der Waals surface area contributed by atoms with Crippen LogP contribution in [0, 0.1) is 5.82 Å². The lowest BCUT2D eigenvalue weighted by atomic mass is 10.1. The van der Waals surface area contributed by atoms with Crippen LogP contribution in [0.25, 0.3) is 0 Å². The minimum atomic E-state index is -0.571. The summed E-state index contributed by atoms with van der Waals surface area (Å²) < 4.78 is 14.0. The third-order valence-electron chi connectivity index (χ3n) is 4.70. The molecule has 2 aromatic rings. The van der Waals surface area contributed by atoms with Crippen LogP contribution in [0.5, 0.6) is 0 Å². The maximum absolute atomic E-state index is 14.0. The van der Waals surface area contributed by atoms with Gasteiger partial charge in [0.2, 0.25) is 5.91 Å². The van der Waals surface area contributed by atoms with Crippen molar-refractivity contribution in [2.24, 2.45) is 5.73 Å². The maximum Gasteiger partial charge on any atom is 0.270 e. The van der Waals surface area contributed by atoms with E-state index in [1.54, 1.807) is 17.0 Å². The molecule has 1 atom stereocenters.